The van der Waals surface area contributed by atoms with Crippen molar-refractivity contribution in [3.63, 3.8) is 0 Å². The second-order valence-electron chi connectivity index (χ2n) is 5.16. The number of rotatable bonds is 4. The van der Waals surface area contributed by atoms with Gasteiger partial charge < -0.3 is 31.0 Å². The zero-order chi connectivity index (χ0) is 19.1. The number of benzene rings is 1. The molecule has 1 aromatic rings. The third-order valence-corrected chi connectivity index (χ3v) is 4.46. The van der Waals surface area contributed by atoms with Gasteiger partial charge >= 0.3 is 15.6 Å². The van der Waals surface area contributed by atoms with Crippen LogP contribution in [0.2, 0.25) is 0 Å². The van der Waals surface area contributed by atoms with Crippen LogP contribution in [0, 0.1) is 0 Å². The van der Waals surface area contributed by atoms with Gasteiger partial charge in [0.1, 0.15) is 0 Å². The van der Waals surface area contributed by atoms with Gasteiger partial charge in [0.25, 0.3) is 0 Å². The van der Waals surface area contributed by atoms with Crippen LogP contribution in [0.15, 0.2) is 60.2 Å². The van der Waals surface area contributed by atoms with E-state index in [0.29, 0.717) is 6.42 Å². The van der Waals surface area contributed by atoms with E-state index in [9.17, 15) is 9.13 Å². The summed E-state index contributed by atoms with van der Waals surface area (Å²) in [6.45, 7) is 0. The Morgan fingerprint density at radius 3 is 1.96 bits per heavy atom. The van der Waals surface area contributed by atoms with Gasteiger partial charge in [0.2, 0.25) is 0 Å². The van der Waals surface area contributed by atoms with Gasteiger partial charge in [0, 0.05) is 6.42 Å². The van der Waals surface area contributed by atoms with E-state index in [0.717, 1.165) is 5.57 Å². The van der Waals surface area contributed by atoms with Crippen LogP contribution >= 0.6 is 15.6 Å². The summed E-state index contributed by atoms with van der Waals surface area (Å²) in [5, 5.41) is 0. The van der Waals surface area contributed by atoms with Crippen LogP contribution < -0.4 is 11.5 Å². The summed E-state index contributed by atoms with van der Waals surface area (Å²) in [6, 6.07) is 10.2. The standard InChI is InChI=1S/C14H16N2.H4O7P2/c15-14(16)10-8-13(9-11-14)7-6-12-4-2-1-3-5-12;1-8(2,3)7-9(4,5)6/h1-10H,11,15-16H2;(H2,1,2,3)(H2,4,5,6). The molecule has 0 radical (unpaired) electrons. The Hall–Kier alpha value is -1.38. The fraction of sp³-hybridized carbons (Fsp3) is 0.143. The smallest absolute Gasteiger partial charge is 0.310 e. The Morgan fingerprint density at radius 2 is 1.56 bits per heavy atom. The van der Waals surface area contributed by atoms with Gasteiger partial charge in [-0.15, -0.1) is 0 Å². The zero-order valence-electron chi connectivity index (χ0n) is 13.0. The molecule has 8 N–H and O–H groups in total. The lowest BCUT2D eigenvalue weighted by Gasteiger charge is -2.21. The van der Waals surface area contributed by atoms with Crippen LogP contribution in [0.3, 0.4) is 0 Å². The zero-order valence-corrected chi connectivity index (χ0v) is 14.8. The number of hydrogen-bond acceptors (Lipinski definition) is 5. The minimum atomic E-state index is -5.05. The van der Waals surface area contributed by atoms with Crippen LogP contribution in [0.1, 0.15) is 12.0 Å². The van der Waals surface area contributed by atoms with E-state index in [2.05, 4.69) is 34.7 Å². The molecule has 11 heteroatoms. The molecule has 0 fully saturated rings. The van der Waals surface area contributed by atoms with Crippen molar-refractivity contribution >= 4 is 21.7 Å². The number of allylic oxidation sites excluding steroid dienone is 3. The van der Waals surface area contributed by atoms with Crippen LogP contribution in [-0.4, -0.2) is 25.2 Å². The second-order valence-corrected chi connectivity index (χ2v) is 7.78. The fourth-order valence-electron chi connectivity index (χ4n) is 1.70. The number of hydrogen-bond donors (Lipinski definition) is 6. The van der Waals surface area contributed by atoms with Crippen molar-refractivity contribution in [3.8, 4) is 0 Å². The number of nitrogens with two attached hydrogens (primary N) is 2. The SMILES string of the molecule is NC1(N)C=CC(C=Cc2ccccc2)=CC1.O=P(O)(O)OP(=O)(O)O. The van der Waals surface area contributed by atoms with Crippen molar-refractivity contribution in [2.45, 2.75) is 12.1 Å². The number of phosphoric acid groups is 2. The van der Waals surface area contributed by atoms with Gasteiger partial charge in [-0.05, 0) is 17.2 Å². The molecule has 0 aliphatic heterocycles. The normalized spacial score (nSPS) is 17.0. The second kappa shape index (κ2) is 8.82. The Labute approximate surface area is 144 Å². The first-order chi connectivity index (χ1) is 11.4. The van der Waals surface area contributed by atoms with Gasteiger partial charge in [-0.3, -0.25) is 0 Å². The maximum Gasteiger partial charge on any atom is 0.478 e. The third kappa shape index (κ3) is 11.0. The average molecular weight is 390 g/mol. The van der Waals surface area contributed by atoms with E-state index >= 15 is 0 Å². The molecule has 2 rings (SSSR count). The molecule has 9 nitrogen and oxygen atoms in total. The van der Waals surface area contributed by atoms with Crippen molar-refractivity contribution in [2.24, 2.45) is 11.5 Å². The highest BCUT2D eigenvalue weighted by molar-refractivity contribution is 7.60. The molecule has 0 unspecified atom stereocenters. The molecule has 0 bridgehead atoms. The van der Waals surface area contributed by atoms with Crippen molar-refractivity contribution in [2.75, 3.05) is 0 Å². The molecule has 1 aliphatic carbocycles. The first kappa shape index (κ1) is 21.7. The van der Waals surface area contributed by atoms with Gasteiger partial charge in [0.15, 0.2) is 0 Å². The maximum atomic E-state index is 9.63. The Kier molecular flexibility index (Phi) is 7.64. The minimum Gasteiger partial charge on any atom is -0.310 e. The summed E-state index contributed by atoms with van der Waals surface area (Å²) >= 11 is 0. The Morgan fingerprint density at radius 1 is 1.00 bits per heavy atom. The van der Waals surface area contributed by atoms with Gasteiger partial charge in [-0.25, -0.2) is 9.13 Å². The summed E-state index contributed by atoms with van der Waals surface area (Å²) in [4.78, 5) is 31.0. The predicted molar refractivity (Wildman–Crippen MR) is 93.6 cm³/mol. The summed E-state index contributed by atoms with van der Waals surface area (Å²) in [5.74, 6) is 0. The first-order valence-electron chi connectivity index (χ1n) is 6.89. The summed E-state index contributed by atoms with van der Waals surface area (Å²) in [6.07, 6.45) is 10.7. The van der Waals surface area contributed by atoms with Crippen LogP contribution in [0.25, 0.3) is 6.08 Å². The van der Waals surface area contributed by atoms with Crippen LogP contribution in [-0.2, 0) is 13.4 Å². The first-order valence-corrected chi connectivity index (χ1v) is 9.95. The van der Waals surface area contributed by atoms with Crippen LogP contribution in [0.4, 0.5) is 0 Å². The lowest BCUT2D eigenvalue weighted by Crippen LogP contribution is -2.47. The molecule has 0 aromatic heterocycles. The van der Waals surface area contributed by atoms with Crippen molar-refractivity contribution in [1.82, 2.24) is 0 Å². The Bertz CT molecular complexity index is 728. The Balaban J connectivity index is 0.000000299. The molecule has 1 aliphatic rings. The molecule has 1 aromatic carbocycles. The maximum absolute atomic E-state index is 9.63. The predicted octanol–water partition coefficient (Wildman–Crippen LogP) is 1.39. The molecule has 138 valence electrons. The molecule has 0 spiro atoms. The van der Waals surface area contributed by atoms with E-state index in [-0.39, 0.29) is 0 Å². The van der Waals surface area contributed by atoms with E-state index < -0.39 is 21.3 Å². The van der Waals surface area contributed by atoms with Gasteiger partial charge in [-0.1, -0.05) is 54.6 Å². The van der Waals surface area contributed by atoms with Crippen molar-refractivity contribution < 1.29 is 33.0 Å². The lowest BCUT2D eigenvalue weighted by molar-refractivity contribution is 0.225. The van der Waals surface area contributed by atoms with Gasteiger partial charge in [-0.2, -0.15) is 4.31 Å². The molecule has 0 saturated heterocycles. The molecule has 0 atom stereocenters. The minimum absolute atomic E-state index is 0.677. The highest BCUT2D eigenvalue weighted by atomic mass is 31.3. The molecule has 0 saturated carbocycles. The largest absolute Gasteiger partial charge is 0.478 e. The summed E-state index contributed by atoms with van der Waals surface area (Å²) < 4.78 is 22.2. The molecule has 0 amide bonds. The highest BCUT2D eigenvalue weighted by Gasteiger charge is 2.27. The van der Waals surface area contributed by atoms with E-state index in [4.69, 9.17) is 31.0 Å². The molecular weight excluding hydrogens is 370 g/mol. The molecule has 0 heterocycles. The lowest BCUT2D eigenvalue weighted by atomic mass is 9.98. The monoisotopic (exact) mass is 390 g/mol. The van der Waals surface area contributed by atoms with E-state index in [1.54, 1.807) is 0 Å². The van der Waals surface area contributed by atoms with Crippen LogP contribution in [0.5, 0.6) is 0 Å². The van der Waals surface area contributed by atoms with Gasteiger partial charge in [0.05, 0.1) is 5.66 Å². The third-order valence-electron chi connectivity index (χ3n) is 2.76. The highest BCUT2D eigenvalue weighted by Crippen LogP contribution is 2.53. The van der Waals surface area contributed by atoms with Crippen molar-refractivity contribution in [3.05, 3.63) is 65.8 Å². The molecular formula is C14H20N2O7P2. The van der Waals surface area contributed by atoms with Crippen molar-refractivity contribution in [1.29, 1.82) is 0 Å². The average Bonchev–Trinajstić information content (AvgIpc) is 2.44. The molecule has 25 heavy (non-hydrogen) atoms. The topological polar surface area (TPSA) is 176 Å². The fourth-order valence-corrected chi connectivity index (χ4v) is 2.81. The van der Waals surface area contributed by atoms with E-state index in [1.165, 1.54) is 5.56 Å². The summed E-state index contributed by atoms with van der Waals surface area (Å²) in [5.41, 5.74) is 13.2. The summed E-state index contributed by atoms with van der Waals surface area (Å²) in [7, 11) is -10.1. The van der Waals surface area contributed by atoms with E-state index in [1.807, 2.05) is 30.4 Å². The quantitative estimate of drug-likeness (QED) is 0.327.